The van der Waals surface area contributed by atoms with E-state index in [1.807, 2.05) is 0 Å². The molecular formula is C30H30O15. The molecule has 15 heteroatoms. The van der Waals surface area contributed by atoms with Crippen LogP contribution in [0.5, 0.6) is 0 Å². The van der Waals surface area contributed by atoms with E-state index in [0.29, 0.717) is 18.9 Å². The summed E-state index contributed by atoms with van der Waals surface area (Å²) in [6.07, 6.45) is 2.49. The molecule has 240 valence electrons. The van der Waals surface area contributed by atoms with Crippen LogP contribution in [0.25, 0.3) is 0 Å². The first-order valence-corrected chi connectivity index (χ1v) is 13.2. The molecule has 0 radical (unpaired) electrons. The topological polar surface area (TPSA) is 245 Å². The predicted molar refractivity (Wildman–Crippen MR) is 150 cm³/mol. The van der Waals surface area contributed by atoms with Gasteiger partial charge in [-0.3, -0.25) is 9.59 Å². The summed E-state index contributed by atoms with van der Waals surface area (Å²) in [5, 5.41) is 34.6. The number of benzene rings is 2. The standard InChI is InChI=1S/C22H18O10.C8H12O5/c23-17(31-21(29)15-9-3-1-7-13(15)19(25)26)11-5-6-12-18(24)32-22(30)16-10-4-2-8-14(16)20(27)28;9-5-1-2-6-13-8(12)4-3-7(10)11/h1-4,7-10H,5-6,11-12H2,(H,25,26)(H,27,28);3-4,9H,1-2,5-6H2,(H,10,11)/b;4-3-. The zero-order valence-electron chi connectivity index (χ0n) is 23.7. The van der Waals surface area contributed by atoms with Crippen LogP contribution < -0.4 is 0 Å². The Morgan fingerprint density at radius 1 is 0.578 bits per heavy atom. The normalized spacial score (nSPS) is 10.2. The first-order chi connectivity index (χ1) is 21.4. The number of rotatable bonds is 15. The summed E-state index contributed by atoms with van der Waals surface area (Å²) < 4.78 is 13.8. The molecule has 0 spiro atoms. The molecular weight excluding hydrogens is 600 g/mol. The number of aliphatic carboxylic acids is 1. The molecule has 0 aliphatic rings. The molecule has 0 saturated heterocycles. The van der Waals surface area contributed by atoms with Gasteiger partial charge in [-0.05, 0) is 49.9 Å². The Morgan fingerprint density at radius 2 is 1.00 bits per heavy atom. The summed E-state index contributed by atoms with van der Waals surface area (Å²) in [7, 11) is 0. The molecule has 0 bridgehead atoms. The number of aliphatic hydroxyl groups is 1. The van der Waals surface area contributed by atoms with E-state index in [9.17, 15) is 38.4 Å². The molecule has 0 atom stereocenters. The number of unbranched alkanes of at least 4 members (excludes halogenated alkanes) is 2. The molecule has 0 heterocycles. The van der Waals surface area contributed by atoms with Gasteiger partial charge in [0.1, 0.15) is 0 Å². The van der Waals surface area contributed by atoms with Gasteiger partial charge in [-0.1, -0.05) is 24.3 Å². The van der Waals surface area contributed by atoms with Crippen molar-refractivity contribution in [3.63, 3.8) is 0 Å². The lowest BCUT2D eigenvalue weighted by Gasteiger charge is -2.06. The maximum atomic E-state index is 12.0. The van der Waals surface area contributed by atoms with Crippen molar-refractivity contribution in [2.75, 3.05) is 13.2 Å². The summed E-state index contributed by atoms with van der Waals surface area (Å²) in [5.41, 5.74) is -1.14. The minimum absolute atomic E-state index is 0.0581. The zero-order chi connectivity index (χ0) is 33.8. The van der Waals surface area contributed by atoms with Crippen molar-refractivity contribution in [3.05, 3.63) is 82.9 Å². The van der Waals surface area contributed by atoms with Crippen LogP contribution in [0.3, 0.4) is 0 Å². The summed E-state index contributed by atoms with van der Waals surface area (Å²) in [6, 6.07) is 10.5. The predicted octanol–water partition coefficient (Wildman–Crippen LogP) is 2.65. The highest BCUT2D eigenvalue weighted by Crippen LogP contribution is 2.13. The van der Waals surface area contributed by atoms with E-state index in [0.717, 1.165) is 6.08 Å². The van der Waals surface area contributed by atoms with Crippen LogP contribution in [0, 0.1) is 0 Å². The van der Waals surface area contributed by atoms with E-state index in [1.54, 1.807) is 0 Å². The number of ether oxygens (including phenoxy) is 3. The molecule has 0 unspecified atom stereocenters. The van der Waals surface area contributed by atoms with Gasteiger partial charge in [-0.25, -0.2) is 28.8 Å². The van der Waals surface area contributed by atoms with Crippen LogP contribution in [-0.2, 0) is 33.4 Å². The van der Waals surface area contributed by atoms with E-state index in [-0.39, 0.29) is 61.2 Å². The highest BCUT2D eigenvalue weighted by Gasteiger charge is 2.21. The van der Waals surface area contributed by atoms with Gasteiger partial charge in [0.2, 0.25) is 0 Å². The van der Waals surface area contributed by atoms with Gasteiger partial charge < -0.3 is 34.6 Å². The molecule has 15 nitrogen and oxygen atoms in total. The molecule has 0 aliphatic carbocycles. The SMILES string of the molecule is O=C(CCCCC(=O)OC(=O)c1ccccc1C(=O)O)OC(=O)c1ccccc1C(=O)O.O=C(O)/C=C\C(=O)OCCCCO. The van der Waals surface area contributed by atoms with Crippen molar-refractivity contribution >= 4 is 47.8 Å². The van der Waals surface area contributed by atoms with Gasteiger partial charge in [0, 0.05) is 31.6 Å². The van der Waals surface area contributed by atoms with E-state index in [2.05, 4.69) is 14.2 Å². The summed E-state index contributed by atoms with van der Waals surface area (Å²) in [6.45, 7) is 0.256. The van der Waals surface area contributed by atoms with E-state index in [4.69, 9.17) is 20.4 Å². The molecule has 2 aromatic rings. The number of aromatic carboxylic acids is 2. The Hall–Kier alpha value is -5.70. The minimum atomic E-state index is -1.34. The molecule has 0 saturated carbocycles. The van der Waals surface area contributed by atoms with E-state index >= 15 is 0 Å². The van der Waals surface area contributed by atoms with Gasteiger partial charge in [0.25, 0.3) is 0 Å². The number of hydrogen-bond donors (Lipinski definition) is 4. The van der Waals surface area contributed by atoms with Crippen molar-refractivity contribution in [2.45, 2.75) is 38.5 Å². The van der Waals surface area contributed by atoms with Crippen molar-refractivity contribution < 1.29 is 73.0 Å². The van der Waals surface area contributed by atoms with Gasteiger partial charge in [-0.2, -0.15) is 0 Å². The number of esters is 5. The first kappa shape index (κ1) is 37.3. The third kappa shape index (κ3) is 14.8. The van der Waals surface area contributed by atoms with Crippen LogP contribution in [0.4, 0.5) is 0 Å². The lowest BCUT2D eigenvalue weighted by molar-refractivity contribution is -0.140. The highest BCUT2D eigenvalue weighted by atomic mass is 16.6. The maximum absolute atomic E-state index is 12.0. The van der Waals surface area contributed by atoms with Crippen molar-refractivity contribution in [2.24, 2.45) is 0 Å². The molecule has 2 aromatic carbocycles. The molecule has 0 aliphatic heterocycles. The van der Waals surface area contributed by atoms with Crippen LogP contribution in [0.1, 0.15) is 80.0 Å². The third-order valence-corrected chi connectivity index (χ3v) is 5.34. The summed E-state index contributed by atoms with van der Waals surface area (Å²) >= 11 is 0. The second-order valence-corrected chi connectivity index (χ2v) is 8.70. The highest BCUT2D eigenvalue weighted by molar-refractivity contribution is 6.06. The number of carbonyl (C=O) groups is 8. The lowest BCUT2D eigenvalue weighted by Crippen LogP contribution is -2.17. The second-order valence-electron chi connectivity index (χ2n) is 8.70. The number of carbonyl (C=O) groups excluding carboxylic acids is 5. The molecule has 0 amide bonds. The number of aliphatic hydroxyl groups excluding tert-OH is 1. The first-order valence-electron chi connectivity index (χ1n) is 13.2. The monoisotopic (exact) mass is 630 g/mol. The van der Waals surface area contributed by atoms with Crippen molar-refractivity contribution in [1.82, 2.24) is 0 Å². The van der Waals surface area contributed by atoms with E-state index in [1.165, 1.54) is 48.5 Å². The smallest absolute Gasteiger partial charge is 0.346 e. The fraction of sp³-hybridized carbons (Fsp3) is 0.267. The summed E-state index contributed by atoms with van der Waals surface area (Å²) in [5.74, 6) is -8.57. The molecule has 45 heavy (non-hydrogen) atoms. The average molecular weight is 631 g/mol. The number of hydrogen-bond acceptors (Lipinski definition) is 12. The molecule has 0 aromatic heterocycles. The van der Waals surface area contributed by atoms with Gasteiger partial charge in [0.15, 0.2) is 0 Å². The third-order valence-electron chi connectivity index (χ3n) is 5.34. The van der Waals surface area contributed by atoms with Crippen LogP contribution in [-0.4, -0.2) is 81.4 Å². The van der Waals surface area contributed by atoms with Crippen molar-refractivity contribution in [3.8, 4) is 0 Å². The summed E-state index contributed by atoms with van der Waals surface area (Å²) in [4.78, 5) is 90.4. The second kappa shape index (κ2) is 20.2. The largest absolute Gasteiger partial charge is 0.478 e. The Balaban J connectivity index is 0.000000656. The Kier molecular flexibility index (Phi) is 16.8. The van der Waals surface area contributed by atoms with Gasteiger partial charge in [-0.15, -0.1) is 0 Å². The van der Waals surface area contributed by atoms with Crippen molar-refractivity contribution in [1.29, 1.82) is 0 Å². The Bertz CT molecular complexity index is 1340. The minimum Gasteiger partial charge on any atom is -0.478 e. The Labute approximate surface area is 255 Å². The number of carboxylic acid groups (broad SMARTS) is 3. The molecule has 0 fully saturated rings. The van der Waals surface area contributed by atoms with Crippen LogP contribution in [0.15, 0.2) is 60.7 Å². The van der Waals surface area contributed by atoms with E-state index < -0.39 is 47.8 Å². The maximum Gasteiger partial charge on any atom is 0.346 e. The fourth-order valence-corrected chi connectivity index (χ4v) is 3.23. The average Bonchev–Trinajstić information content (AvgIpc) is 3.00. The van der Waals surface area contributed by atoms with Crippen LogP contribution in [0.2, 0.25) is 0 Å². The van der Waals surface area contributed by atoms with Crippen LogP contribution >= 0.6 is 0 Å². The lowest BCUT2D eigenvalue weighted by atomic mass is 10.1. The molecule has 2 rings (SSSR count). The zero-order valence-corrected chi connectivity index (χ0v) is 23.7. The fourth-order valence-electron chi connectivity index (χ4n) is 3.23. The van der Waals surface area contributed by atoms with Gasteiger partial charge >= 0.3 is 47.8 Å². The number of carboxylic acids is 3. The quantitative estimate of drug-likeness (QED) is 0.0726. The Morgan fingerprint density at radius 3 is 1.38 bits per heavy atom. The van der Waals surface area contributed by atoms with Gasteiger partial charge in [0.05, 0.1) is 28.9 Å². The molecule has 4 N–H and O–H groups in total.